The number of pyridine rings is 1. The number of carbonyl (C=O) groups excluding carboxylic acids is 1. The van der Waals surface area contributed by atoms with Crippen LogP contribution in [0.5, 0.6) is 0 Å². The second-order valence-electron chi connectivity index (χ2n) is 7.83. The number of nitrogens with zero attached hydrogens (tertiary/aromatic N) is 3. The standard InChI is InChI=1S/C27H23N5O/c1-2-20-8-6-9-22(16-20)31-27-21(18-28)19-29-25-12-11-23(17-24(25)27)30-26(33)10-7-15-32-13-4-3-5-14-32/h1,6,8-9,11-12,16-17,19H,3-5,13-15H2,(H,29,31)(H,30,33). The van der Waals surface area contributed by atoms with Gasteiger partial charge in [-0.05, 0) is 68.2 Å². The van der Waals surface area contributed by atoms with Crippen LogP contribution in [0.25, 0.3) is 10.9 Å². The van der Waals surface area contributed by atoms with E-state index in [1.807, 2.05) is 24.3 Å². The van der Waals surface area contributed by atoms with Crippen molar-refractivity contribution in [1.82, 2.24) is 9.88 Å². The molecule has 0 bridgehead atoms. The third kappa shape index (κ3) is 5.49. The smallest absolute Gasteiger partial charge is 0.300 e. The number of nitrogens with one attached hydrogen (secondary N) is 2. The molecule has 1 fully saturated rings. The number of rotatable bonds is 4. The molecule has 4 rings (SSSR count). The maximum absolute atomic E-state index is 12.4. The van der Waals surface area contributed by atoms with Crippen LogP contribution in [-0.4, -0.2) is 35.4 Å². The van der Waals surface area contributed by atoms with E-state index < -0.39 is 0 Å². The molecule has 1 saturated heterocycles. The van der Waals surface area contributed by atoms with Crippen molar-refractivity contribution in [2.45, 2.75) is 19.3 Å². The van der Waals surface area contributed by atoms with Gasteiger partial charge in [-0.25, -0.2) is 0 Å². The van der Waals surface area contributed by atoms with Crippen molar-refractivity contribution < 1.29 is 4.79 Å². The Balaban J connectivity index is 1.57. The van der Waals surface area contributed by atoms with Crippen LogP contribution in [0.3, 0.4) is 0 Å². The van der Waals surface area contributed by atoms with Crippen molar-refractivity contribution in [2.24, 2.45) is 0 Å². The molecule has 0 spiro atoms. The van der Waals surface area contributed by atoms with Crippen molar-refractivity contribution in [3.8, 4) is 30.3 Å². The first-order valence-corrected chi connectivity index (χ1v) is 10.8. The fourth-order valence-corrected chi connectivity index (χ4v) is 3.83. The molecule has 1 aliphatic heterocycles. The Morgan fingerprint density at radius 2 is 1.97 bits per heavy atom. The summed E-state index contributed by atoms with van der Waals surface area (Å²) in [5.41, 5.74) is 3.75. The molecule has 2 aromatic carbocycles. The second kappa shape index (κ2) is 10.3. The third-order valence-corrected chi connectivity index (χ3v) is 5.50. The Hall–Kier alpha value is -4.31. The van der Waals surface area contributed by atoms with Gasteiger partial charge in [0, 0.05) is 28.5 Å². The number of hydrogen-bond donors (Lipinski definition) is 2. The number of anilines is 3. The first kappa shape index (κ1) is 21.9. The molecule has 1 aromatic heterocycles. The highest BCUT2D eigenvalue weighted by Gasteiger charge is 2.12. The average Bonchev–Trinajstić information content (AvgIpc) is 2.85. The number of carbonyl (C=O) groups is 1. The molecular weight excluding hydrogens is 410 g/mol. The van der Waals surface area contributed by atoms with E-state index in [0.717, 1.165) is 24.3 Å². The van der Waals surface area contributed by atoms with E-state index >= 15 is 0 Å². The molecule has 0 atom stereocenters. The van der Waals surface area contributed by atoms with E-state index in [1.54, 1.807) is 18.2 Å². The summed E-state index contributed by atoms with van der Waals surface area (Å²) in [7, 11) is 0. The van der Waals surface area contributed by atoms with E-state index in [9.17, 15) is 10.1 Å². The molecule has 6 nitrogen and oxygen atoms in total. The highest BCUT2D eigenvalue weighted by molar-refractivity contribution is 6.06. The van der Waals surface area contributed by atoms with Gasteiger partial charge in [-0.3, -0.25) is 14.7 Å². The first-order valence-electron chi connectivity index (χ1n) is 10.8. The predicted molar refractivity (Wildman–Crippen MR) is 131 cm³/mol. The quantitative estimate of drug-likeness (QED) is 0.601. The Morgan fingerprint density at radius 1 is 1.12 bits per heavy atom. The zero-order valence-electron chi connectivity index (χ0n) is 18.2. The largest absolute Gasteiger partial charge is 0.354 e. The van der Waals surface area contributed by atoms with Crippen LogP contribution in [0, 0.1) is 35.5 Å². The van der Waals surface area contributed by atoms with Gasteiger partial charge in [-0.15, -0.1) is 6.42 Å². The molecule has 1 aliphatic rings. The Kier molecular flexibility index (Phi) is 6.86. The average molecular weight is 434 g/mol. The number of nitriles is 1. The van der Waals surface area contributed by atoms with Crippen molar-refractivity contribution in [3.05, 3.63) is 59.8 Å². The number of fused-ring (bicyclic) bond motifs is 1. The van der Waals surface area contributed by atoms with E-state index in [2.05, 4.69) is 44.3 Å². The summed E-state index contributed by atoms with van der Waals surface area (Å²) in [6.45, 7) is 2.68. The van der Waals surface area contributed by atoms with Crippen LogP contribution in [0.1, 0.15) is 30.4 Å². The lowest BCUT2D eigenvalue weighted by atomic mass is 10.1. The SMILES string of the molecule is C#Cc1cccc(Nc2c(C#N)cnc3ccc(NC(=O)C#CCN4CCCCC4)cc23)c1. The minimum absolute atomic E-state index is 0.369. The Labute approximate surface area is 193 Å². The number of likely N-dealkylation sites (tertiary alicyclic amines) is 1. The Morgan fingerprint density at radius 3 is 2.76 bits per heavy atom. The third-order valence-electron chi connectivity index (χ3n) is 5.50. The number of benzene rings is 2. The number of terminal acetylenes is 1. The second-order valence-corrected chi connectivity index (χ2v) is 7.83. The van der Waals surface area contributed by atoms with Gasteiger partial charge in [-0.2, -0.15) is 5.26 Å². The van der Waals surface area contributed by atoms with Crippen LogP contribution in [-0.2, 0) is 4.79 Å². The summed E-state index contributed by atoms with van der Waals surface area (Å²) in [6.07, 6.45) is 10.7. The lowest BCUT2D eigenvalue weighted by molar-refractivity contribution is -0.111. The normalized spacial score (nSPS) is 13.3. The van der Waals surface area contributed by atoms with Crippen molar-refractivity contribution in [2.75, 3.05) is 30.3 Å². The highest BCUT2D eigenvalue weighted by atomic mass is 16.1. The van der Waals surface area contributed by atoms with Crippen LogP contribution in [0.4, 0.5) is 17.1 Å². The topological polar surface area (TPSA) is 81.0 Å². The lowest BCUT2D eigenvalue weighted by Gasteiger charge is -2.23. The van der Waals surface area contributed by atoms with E-state index in [0.29, 0.717) is 34.4 Å². The number of piperidine rings is 1. The zero-order valence-corrected chi connectivity index (χ0v) is 18.2. The van der Waals surface area contributed by atoms with E-state index in [1.165, 1.54) is 25.5 Å². The molecule has 0 radical (unpaired) electrons. The van der Waals surface area contributed by atoms with Gasteiger partial charge in [0.2, 0.25) is 0 Å². The molecule has 3 aromatic rings. The van der Waals surface area contributed by atoms with Crippen LogP contribution in [0.15, 0.2) is 48.7 Å². The Bertz CT molecular complexity index is 1330. The van der Waals surface area contributed by atoms with Gasteiger partial charge in [0.15, 0.2) is 0 Å². The molecule has 1 amide bonds. The van der Waals surface area contributed by atoms with Gasteiger partial charge in [0.1, 0.15) is 6.07 Å². The number of hydrogen-bond acceptors (Lipinski definition) is 5. The van der Waals surface area contributed by atoms with Crippen molar-refractivity contribution in [1.29, 1.82) is 5.26 Å². The van der Waals surface area contributed by atoms with Crippen molar-refractivity contribution >= 4 is 33.9 Å². The van der Waals surface area contributed by atoms with E-state index in [4.69, 9.17) is 6.42 Å². The van der Waals surface area contributed by atoms with Gasteiger partial charge in [0.05, 0.1) is 23.3 Å². The number of amides is 1. The van der Waals surface area contributed by atoms with Crippen LogP contribution < -0.4 is 10.6 Å². The zero-order chi connectivity index (χ0) is 23.0. The first-order chi connectivity index (χ1) is 16.2. The molecule has 0 saturated carbocycles. The maximum atomic E-state index is 12.4. The maximum Gasteiger partial charge on any atom is 0.300 e. The summed E-state index contributed by atoms with van der Waals surface area (Å²) >= 11 is 0. The fourth-order valence-electron chi connectivity index (χ4n) is 3.83. The van der Waals surface area contributed by atoms with Gasteiger partial charge in [-0.1, -0.05) is 24.3 Å². The van der Waals surface area contributed by atoms with Gasteiger partial charge < -0.3 is 10.6 Å². The molecule has 6 heteroatoms. The predicted octanol–water partition coefficient (Wildman–Crippen LogP) is 4.26. The summed E-state index contributed by atoms with van der Waals surface area (Å²) in [5, 5.41) is 16.4. The molecule has 0 unspecified atom stereocenters. The number of aromatic nitrogens is 1. The van der Waals surface area contributed by atoms with Crippen molar-refractivity contribution in [3.63, 3.8) is 0 Å². The molecular formula is C27H23N5O. The molecule has 2 N–H and O–H groups in total. The monoisotopic (exact) mass is 433 g/mol. The summed E-state index contributed by atoms with van der Waals surface area (Å²) in [6, 6.07) is 14.9. The lowest BCUT2D eigenvalue weighted by Crippen LogP contribution is -2.30. The molecule has 162 valence electrons. The minimum Gasteiger partial charge on any atom is -0.354 e. The molecule has 0 aliphatic carbocycles. The van der Waals surface area contributed by atoms with Crippen LogP contribution in [0.2, 0.25) is 0 Å². The summed E-state index contributed by atoms with van der Waals surface area (Å²) in [4.78, 5) is 19.0. The van der Waals surface area contributed by atoms with Gasteiger partial charge >= 0.3 is 0 Å². The van der Waals surface area contributed by atoms with Gasteiger partial charge in [0.25, 0.3) is 5.91 Å². The fraction of sp³-hybridized carbons (Fsp3) is 0.222. The minimum atomic E-state index is -0.369. The summed E-state index contributed by atoms with van der Waals surface area (Å²) < 4.78 is 0. The van der Waals surface area contributed by atoms with E-state index in [-0.39, 0.29) is 5.91 Å². The summed E-state index contributed by atoms with van der Waals surface area (Å²) in [5.74, 6) is 7.88. The molecule has 33 heavy (non-hydrogen) atoms. The highest BCUT2D eigenvalue weighted by Crippen LogP contribution is 2.31. The molecule has 2 heterocycles. The van der Waals surface area contributed by atoms with Crippen LogP contribution >= 0.6 is 0 Å².